The number of carbonyl (C=O) groups is 1. The van der Waals surface area contributed by atoms with Gasteiger partial charge in [0.1, 0.15) is 0 Å². The molecule has 150 valence electrons. The van der Waals surface area contributed by atoms with Crippen molar-refractivity contribution in [1.82, 2.24) is 10.3 Å². The summed E-state index contributed by atoms with van der Waals surface area (Å²) in [5, 5.41) is 2.81. The number of rotatable bonds is 6. The third kappa shape index (κ3) is 4.63. The predicted molar refractivity (Wildman–Crippen MR) is 113 cm³/mol. The number of aromatic nitrogens is 1. The molecule has 7 heteroatoms. The quantitative estimate of drug-likeness (QED) is 0.676. The Morgan fingerprint density at radius 1 is 1.03 bits per heavy atom. The number of aryl methyl sites for hydroxylation is 2. The highest BCUT2D eigenvalue weighted by molar-refractivity contribution is 7.92. The number of anilines is 1. The van der Waals surface area contributed by atoms with Crippen molar-refractivity contribution in [3.05, 3.63) is 89.2 Å². The molecule has 0 bridgehead atoms. The van der Waals surface area contributed by atoms with Gasteiger partial charge in [-0.1, -0.05) is 29.8 Å². The SMILES string of the molecule is Cc1ccc(S(=O)(=O)N(C)c2cc(C(=O)NCc3ccccn3)ccc2C)cc1. The molecule has 0 saturated carbocycles. The molecule has 0 fully saturated rings. The van der Waals surface area contributed by atoms with E-state index in [1.54, 1.807) is 48.7 Å². The van der Waals surface area contributed by atoms with Crippen molar-refractivity contribution >= 4 is 21.6 Å². The summed E-state index contributed by atoms with van der Waals surface area (Å²) < 4.78 is 27.2. The lowest BCUT2D eigenvalue weighted by Crippen LogP contribution is -2.28. The van der Waals surface area contributed by atoms with Gasteiger partial charge in [-0.2, -0.15) is 0 Å². The highest BCUT2D eigenvalue weighted by Gasteiger charge is 2.23. The third-order valence-electron chi connectivity index (χ3n) is 4.65. The van der Waals surface area contributed by atoms with Gasteiger partial charge in [0, 0.05) is 18.8 Å². The molecule has 0 unspecified atom stereocenters. The molecule has 0 atom stereocenters. The van der Waals surface area contributed by atoms with Gasteiger partial charge in [0.25, 0.3) is 15.9 Å². The number of nitrogens with one attached hydrogen (secondary N) is 1. The largest absolute Gasteiger partial charge is 0.346 e. The molecule has 3 aromatic rings. The highest BCUT2D eigenvalue weighted by atomic mass is 32.2. The van der Waals surface area contributed by atoms with Crippen LogP contribution in [0.5, 0.6) is 0 Å². The predicted octanol–water partition coefficient (Wildman–Crippen LogP) is 3.45. The molecule has 29 heavy (non-hydrogen) atoms. The molecule has 3 rings (SSSR count). The first-order chi connectivity index (χ1) is 13.8. The van der Waals surface area contributed by atoms with E-state index in [1.165, 1.54) is 11.4 Å². The molecule has 1 N–H and O–H groups in total. The number of nitrogens with zero attached hydrogens (tertiary/aromatic N) is 2. The van der Waals surface area contributed by atoms with E-state index in [0.717, 1.165) is 16.8 Å². The Morgan fingerprint density at radius 2 is 1.76 bits per heavy atom. The van der Waals surface area contributed by atoms with E-state index in [-0.39, 0.29) is 10.8 Å². The second-order valence-corrected chi connectivity index (χ2v) is 8.76. The Morgan fingerprint density at radius 3 is 2.41 bits per heavy atom. The van der Waals surface area contributed by atoms with E-state index in [2.05, 4.69) is 10.3 Å². The van der Waals surface area contributed by atoms with Crippen LogP contribution in [0.1, 0.15) is 27.2 Å². The first-order valence-corrected chi connectivity index (χ1v) is 10.6. The molecule has 2 aromatic carbocycles. The van der Waals surface area contributed by atoms with E-state index in [9.17, 15) is 13.2 Å². The molecule has 6 nitrogen and oxygen atoms in total. The summed E-state index contributed by atoms with van der Waals surface area (Å²) in [4.78, 5) is 16.9. The third-order valence-corrected chi connectivity index (χ3v) is 6.43. The number of amides is 1. The maximum Gasteiger partial charge on any atom is 0.264 e. The molecule has 1 heterocycles. The Hall–Kier alpha value is -3.19. The van der Waals surface area contributed by atoms with Crippen LogP contribution in [0.15, 0.2) is 71.8 Å². The summed E-state index contributed by atoms with van der Waals surface area (Å²) >= 11 is 0. The lowest BCUT2D eigenvalue weighted by molar-refractivity contribution is 0.0950. The van der Waals surface area contributed by atoms with Gasteiger partial charge < -0.3 is 5.32 Å². The van der Waals surface area contributed by atoms with Gasteiger partial charge in [0.15, 0.2) is 0 Å². The summed E-state index contributed by atoms with van der Waals surface area (Å²) in [5.41, 5.74) is 3.31. The number of benzene rings is 2. The van der Waals surface area contributed by atoms with E-state index in [4.69, 9.17) is 0 Å². The monoisotopic (exact) mass is 409 g/mol. The maximum atomic E-state index is 13.0. The summed E-state index contributed by atoms with van der Waals surface area (Å²) in [7, 11) is -2.24. The minimum absolute atomic E-state index is 0.204. The van der Waals surface area contributed by atoms with E-state index in [1.807, 2.05) is 32.0 Å². The van der Waals surface area contributed by atoms with Crippen LogP contribution in [-0.2, 0) is 16.6 Å². The normalized spacial score (nSPS) is 11.1. The average Bonchev–Trinajstić information content (AvgIpc) is 2.73. The number of hydrogen-bond acceptors (Lipinski definition) is 4. The number of carbonyl (C=O) groups excluding carboxylic acids is 1. The van der Waals surface area contributed by atoms with Gasteiger partial charge in [0.2, 0.25) is 0 Å². The summed E-state index contributed by atoms with van der Waals surface area (Å²) in [6, 6.07) is 17.2. The van der Waals surface area contributed by atoms with Crippen LogP contribution in [0.2, 0.25) is 0 Å². The Kier molecular flexibility index (Phi) is 5.98. The van der Waals surface area contributed by atoms with Gasteiger partial charge in [-0.25, -0.2) is 8.42 Å². The standard InChI is InChI=1S/C22H23N3O3S/c1-16-7-11-20(12-8-16)29(27,28)25(3)21-14-18(10-9-17(21)2)22(26)24-15-19-6-4-5-13-23-19/h4-14H,15H2,1-3H3,(H,24,26). The topological polar surface area (TPSA) is 79.4 Å². The smallest absolute Gasteiger partial charge is 0.264 e. The minimum atomic E-state index is -3.74. The Balaban J connectivity index is 1.84. The van der Waals surface area contributed by atoms with Crippen LogP contribution >= 0.6 is 0 Å². The van der Waals surface area contributed by atoms with Crippen molar-refractivity contribution in [1.29, 1.82) is 0 Å². The number of pyridine rings is 1. The van der Waals surface area contributed by atoms with Crippen molar-refractivity contribution in [2.75, 3.05) is 11.4 Å². The molecular formula is C22H23N3O3S. The second kappa shape index (κ2) is 8.45. The van der Waals surface area contributed by atoms with Crippen LogP contribution in [0, 0.1) is 13.8 Å². The fourth-order valence-corrected chi connectivity index (χ4v) is 4.12. The molecule has 1 amide bonds. The maximum absolute atomic E-state index is 13.0. The Bertz CT molecular complexity index is 1110. The van der Waals surface area contributed by atoms with Crippen molar-refractivity contribution in [3.8, 4) is 0 Å². The van der Waals surface area contributed by atoms with E-state index >= 15 is 0 Å². The van der Waals surface area contributed by atoms with Crippen LogP contribution in [0.4, 0.5) is 5.69 Å². The van der Waals surface area contributed by atoms with Gasteiger partial charge in [-0.15, -0.1) is 0 Å². The Labute approximate surface area is 171 Å². The summed E-state index contributed by atoms with van der Waals surface area (Å²) in [5.74, 6) is -0.293. The van der Waals surface area contributed by atoms with Crippen LogP contribution in [-0.4, -0.2) is 26.4 Å². The average molecular weight is 410 g/mol. The van der Waals surface area contributed by atoms with E-state index < -0.39 is 10.0 Å². The van der Waals surface area contributed by atoms with Crippen molar-refractivity contribution in [2.24, 2.45) is 0 Å². The lowest BCUT2D eigenvalue weighted by atomic mass is 10.1. The van der Waals surface area contributed by atoms with Crippen LogP contribution < -0.4 is 9.62 Å². The van der Waals surface area contributed by atoms with Crippen molar-refractivity contribution < 1.29 is 13.2 Å². The zero-order valence-corrected chi connectivity index (χ0v) is 17.4. The minimum Gasteiger partial charge on any atom is -0.346 e. The van der Waals surface area contributed by atoms with E-state index in [0.29, 0.717) is 17.8 Å². The highest BCUT2D eigenvalue weighted by Crippen LogP contribution is 2.26. The molecule has 0 radical (unpaired) electrons. The zero-order valence-electron chi connectivity index (χ0n) is 16.6. The van der Waals surface area contributed by atoms with Gasteiger partial charge in [0.05, 0.1) is 22.8 Å². The molecular weight excluding hydrogens is 386 g/mol. The first kappa shape index (κ1) is 20.5. The molecule has 0 saturated heterocycles. The second-order valence-electron chi connectivity index (χ2n) is 6.79. The van der Waals surface area contributed by atoms with Gasteiger partial charge in [-0.05, 0) is 55.8 Å². The fraction of sp³-hybridized carbons (Fsp3) is 0.182. The lowest BCUT2D eigenvalue weighted by Gasteiger charge is -2.22. The van der Waals surface area contributed by atoms with Crippen molar-refractivity contribution in [2.45, 2.75) is 25.3 Å². The summed E-state index contributed by atoms with van der Waals surface area (Å²) in [6.07, 6.45) is 1.66. The van der Waals surface area contributed by atoms with Crippen molar-refractivity contribution in [3.63, 3.8) is 0 Å². The zero-order chi connectivity index (χ0) is 21.0. The number of sulfonamides is 1. The molecule has 0 aliphatic heterocycles. The van der Waals surface area contributed by atoms with Crippen LogP contribution in [0.25, 0.3) is 0 Å². The molecule has 0 spiro atoms. The molecule has 1 aromatic heterocycles. The van der Waals surface area contributed by atoms with Gasteiger partial charge >= 0.3 is 0 Å². The fourth-order valence-electron chi connectivity index (χ4n) is 2.86. The summed E-state index contributed by atoms with van der Waals surface area (Å²) in [6.45, 7) is 4.00. The van der Waals surface area contributed by atoms with Crippen LogP contribution in [0.3, 0.4) is 0 Å². The molecule has 0 aliphatic rings. The van der Waals surface area contributed by atoms with Gasteiger partial charge in [-0.3, -0.25) is 14.1 Å². The molecule has 0 aliphatic carbocycles. The number of hydrogen-bond donors (Lipinski definition) is 1. The first-order valence-electron chi connectivity index (χ1n) is 9.13.